The van der Waals surface area contributed by atoms with Crippen molar-refractivity contribution in [2.75, 3.05) is 65.6 Å². The van der Waals surface area contributed by atoms with Gasteiger partial charge in [0.25, 0.3) is 5.91 Å². The van der Waals surface area contributed by atoms with Crippen LogP contribution in [0.25, 0.3) is 10.9 Å². The van der Waals surface area contributed by atoms with E-state index in [1.807, 2.05) is 29.2 Å². The summed E-state index contributed by atoms with van der Waals surface area (Å²) in [6.07, 6.45) is 3.75. The average Bonchev–Trinajstić information content (AvgIpc) is 3.36. The lowest BCUT2D eigenvalue weighted by molar-refractivity contribution is -0.164. The Morgan fingerprint density at radius 2 is 1.42 bits per heavy atom. The second kappa shape index (κ2) is 22.9. The van der Waals surface area contributed by atoms with E-state index in [0.29, 0.717) is 85.8 Å². The first kappa shape index (κ1) is 49.2. The number of phenolic OH excluding ortho intramolecular Hbond substituents is 1. The van der Waals surface area contributed by atoms with E-state index >= 15 is 0 Å². The molecule has 15 heteroatoms. The molecule has 5 N–H and O–H groups in total. The number of aromatic amines is 1. The van der Waals surface area contributed by atoms with Crippen LogP contribution in [0.2, 0.25) is 0 Å². The van der Waals surface area contributed by atoms with Crippen LogP contribution in [-0.2, 0) is 31.3 Å². The number of aromatic nitrogens is 1. The third kappa shape index (κ3) is 12.1. The van der Waals surface area contributed by atoms with Crippen LogP contribution in [0, 0.1) is 17.8 Å². The van der Waals surface area contributed by atoms with E-state index in [1.54, 1.807) is 65.6 Å². The minimum absolute atomic E-state index is 0. The Bertz CT molecular complexity index is 2490. The van der Waals surface area contributed by atoms with Crippen LogP contribution in [0.3, 0.4) is 0 Å². The molecule has 3 aliphatic rings. The van der Waals surface area contributed by atoms with Crippen molar-refractivity contribution in [2.45, 2.75) is 56.8 Å². The highest BCUT2D eigenvalue weighted by atomic mass is 32.1. The molecule has 0 radical (unpaired) electrons. The van der Waals surface area contributed by atoms with E-state index in [0.717, 1.165) is 45.3 Å². The minimum atomic E-state index is -2.10. The van der Waals surface area contributed by atoms with Crippen LogP contribution in [0.5, 0.6) is 11.5 Å². The van der Waals surface area contributed by atoms with Crippen molar-refractivity contribution in [2.24, 2.45) is 17.8 Å². The molecule has 3 saturated heterocycles. The van der Waals surface area contributed by atoms with Crippen LogP contribution in [0.4, 0.5) is 0 Å². The number of aliphatic hydroxyl groups is 2. The molecular formula is C52H63N5O9S. The Balaban J connectivity index is 0.00000666. The van der Waals surface area contributed by atoms with Gasteiger partial charge in [-0.2, -0.15) is 13.5 Å². The lowest BCUT2D eigenvalue weighted by Crippen LogP contribution is -2.48. The van der Waals surface area contributed by atoms with E-state index in [9.17, 15) is 34.5 Å². The summed E-state index contributed by atoms with van der Waals surface area (Å²) in [5.74, 6) is -0.184. The first-order valence-electron chi connectivity index (χ1n) is 23.3. The first-order chi connectivity index (χ1) is 32.0. The fourth-order valence-electron chi connectivity index (χ4n) is 9.66. The Hall–Kier alpha value is -5.71. The molecule has 1 aromatic heterocycles. The number of nitrogens with one attached hydrogen (secondary N) is 2. The van der Waals surface area contributed by atoms with Gasteiger partial charge in [-0.15, -0.1) is 0 Å². The zero-order valence-corrected chi connectivity index (χ0v) is 38.9. The molecule has 0 saturated carbocycles. The number of aromatic hydroxyl groups is 1. The largest absolute Gasteiger partial charge is 0.506 e. The molecule has 2 atom stereocenters. The maximum absolute atomic E-state index is 13.9. The fourth-order valence-corrected chi connectivity index (χ4v) is 9.66. The van der Waals surface area contributed by atoms with Crippen LogP contribution in [0.15, 0.2) is 114 Å². The zero-order valence-electron chi connectivity index (χ0n) is 37.9. The molecule has 0 bridgehead atoms. The van der Waals surface area contributed by atoms with E-state index in [-0.39, 0.29) is 67.2 Å². The summed E-state index contributed by atoms with van der Waals surface area (Å²) in [5.41, 5.74) is 0.407. The number of piperidine rings is 3. The number of phenols is 1. The van der Waals surface area contributed by atoms with Gasteiger partial charge in [0.1, 0.15) is 11.5 Å². The average molecular weight is 934 g/mol. The van der Waals surface area contributed by atoms with E-state index < -0.39 is 17.7 Å². The van der Waals surface area contributed by atoms with Gasteiger partial charge in [0.05, 0.1) is 18.2 Å². The zero-order chi connectivity index (χ0) is 46.0. The van der Waals surface area contributed by atoms with E-state index in [2.05, 4.69) is 27.3 Å². The summed E-state index contributed by atoms with van der Waals surface area (Å²) in [5, 5.41) is 37.3. The molecule has 4 aromatic carbocycles. The number of carbonyl (C=O) groups is 3. The lowest BCUT2D eigenvalue weighted by Gasteiger charge is -2.37. The van der Waals surface area contributed by atoms with Gasteiger partial charge in [0.2, 0.25) is 17.1 Å². The molecule has 0 spiro atoms. The number of H-pyrrole nitrogens is 1. The maximum Gasteiger partial charge on any atom is 0.347 e. The van der Waals surface area contributed by atoms with Gasteiger partial charge in [-0.3, -0.25) is 19.3 Å². The number of fused-ring (bicyclic) bond motifs is 1. The molecular weight excluding hydrogens is 871 g/mol. The molecule has 3 aliphatic heterocycles. The predicted molar refractivity (Wildman–Crippen MR) is 260 cm³/mol. The number of aliphatic hydroxyl groups excluding tert-OH is 1. The summed E-state index contributed by atoms with van der Waals surface area (Å²) >= 11 is 0. The van der Waals surface area contributed by atoms with Crippen molar-refractivity contribution in [1.29, 1.82) is 0 Å². The molecule has 2 amide bonds. The maximum atomic E-state index is 13.9. The normalized spacial score (nSPS) is 17.9. The molecule has 8 rings (SSSR count). The van der Waals surface area contributed by atoms with Crippen molar-refractivity contribution < 1.29 is 39.2 Å². The Labute approximate surface area is 398 Å². The van der Waals surface area contributed by atoms with E-state index in [1.165, 1.54) is 17.7 Å². The van der Waals surface area contributed by atoms with Gasteiger partial charge in [-0.1, -0.05) is 78.9 Å². The number of hydrogen-bond donors (Lipinski definition) is 5. The highest BCUT2D eigenvalue weighted by Crippen LogP contribution is 2.34. The monoisotopic (exact) mass is 933 g/mol. The smallest absolute Gasteiger partial charge is 0.347 e. The van der Waals surface area contributed by atoms with Crippen molar-refractivity contribution in [1.82, 2.24) is 25.0 Å². The Morgan fingerprint density at radius 3 is 2.13 bits per heavy atom. The standard InChI is InChI=1S/C52H61N5O9.H2S/c58-45-16-14-43(44-15-17-47(60)54-49(44)45)46(59)32-53-31-36-20-26-57(27-21-36)50(62)39-22-28-56(29-23-39)48(61)35-65-42-13-7-12-41(30-42)52(64,40-10-5-2-6-11-40)51(63)66-34-38-18-24-55(25-19-38)33-37-8-3-1-4-9-37;/h1-17,30,36,38-39,46,53,58-59,64H,18-29,31-35H2,(H,54,60);1H2/t46-,52-;/m0./s1. The number of benzene rings is 4. The summed E-state index contributed by atoms with van der Waals surface area (Å²) < 4.78 is 11.9. The minimum Gasteiger partial charge on any atom is -0.506 e. The molecule has 4 heterocycles. The second-order valence-corrected chi connectivity index (χ2v) is 18.1. The SMILES string of the molecule is O=C(COc1cccc([C@](O)(C(=O)OCC2CCN(Cc3ccccc3)CC2)c2ccccc2)c1)N1CCC(C(=O)N2CCC(CNC[C@H](O)c3ccc(O)c4[nH]c(=O)ccc34)CC2)CC1.S. The number of pyridine rings is 1. The first-order valence-corrected chi connectivity index (χ1v) is 23.3. The summed E-state index contributed by atoms with van der Waals surface area (Å²) in [6.45, 7) is 5.86. The highest BCUT2D eigenvalue weighted by Gasteiger charge is 2.42. The van der Waals surface area contributed by atoms with Crippen LogP contribution < -0.4 is 15.6 Å². The quantitative estimate of drug-likeness (QED) is 0.0819. The third-order valence-corrected chi connectivity index (χ3v) is 13.7. The number of likely N-dealkylation sites (tertiary alicyclic amines) is 3. The molecule has 67 heavy (non-hydrogen) atoms. The van der Waals surface area contributed by atoms with Gasteiger partial charge in [0.15, 0.2) is 6.61 Å². The topological polar surface area (TPSA) is 185 Å². The van der Waals surface area contributed by atoms with Gasteiger partial charge < -0.3 is 44.9 Å². The molecule has 3 fully saturated rings. The van der Waals surface area contributed by atoms with Gasteiger partial charge in [-0.05, 0) is 111 Å². The molecule has 356 valence electrons. The molecule has 14 nitrogen and oxygen atoms in total. The van der Waals surface area contributed by atoms with Crippen molar-refractivity contribution in [3.8, 4) is 11.5 Å². The van der Waals surface area contributed by atoms with Crippen LogP contribution in [-0.4, -0.2) is 118 Å². The number of rotatable bonds is 16. The summed E-state index contributed by atoms with van der Waals surface area (Å²) in [6, 6.07) is 31.8. The summed E-state index contributed by atoms with van der Waals surface area (Å²) in [4.78, 5) is 61.3. The van der Waals surface area contributed by atoms with Crippen molar-refractivity contribution >= 4 is 42.2 Å². The third-order valence-electron chi connectivity index (χ3n) is 13.7. The number of ether oxygens (including phenoxy) is 2. The highest BCUT2D eigenvalue weighted by molar-refractivity contribution is 7.59. The number of amides is 2. The van der Waals surface area contributed by atoms with Gasteiger partial charge in [-0.25, -0.2) is 4.79 Å². The molecule has 5 aromatic rings. The number of nitrogens with zero attached hydrogens (tertiary/aromatic N) is 3. The van der Waals surface area contributed by atoms with Crippen molar-refractivity contribution in [3.05, 3.63) is 142 Å². The second-order valence-electron chi connectivity index (χ2n) is 18.1. The van der Waals surface area contributed by atoms with Crippen molar-refractivity contribution in [3.63, 3.8) is 0 Å². The van der Waals surface area contributed by atoms with Gasteiger partial charge in [0, 0.05) is 62.2 Å². The van der Waals surface area contributed by atoms with E-state index in [4.69, 9.17) is 9.47 Å². The Kier molecular flexibility index (Phi) is 16.8. The fraction of sp³-hybridized carbons (Fsp3) is 0.423. The number of hydrogen-bond acceptors (Lipinski definition) is 11. The summed E-state index contributed by atoms with van der Waals surface area (Å²) in [7, 11) is 0. The number of carbonyl (C=O) groups excluding carboxylic acids is 3. The van der Waals surface area contributed by atoms with Crippen LogP contribution >= 0.6 is 13.5 Å². The lowest BCUT2D eigenvalue weighted by atomic mass is 9.86. The van der Waals surface area contributed by atoms with Gasteiger partial charge >= 0.3 is 5.97 Å². The predicted octanol–water partition coefficient (Wildman–Crippen LogP) is 5.22. The molecule has 0 aliphatic carbocycles. The van der Waals surface area contributed by atoms with Crippen LogP contribution in [0.1, 0.15) is 66.9 Å². The number of esters is 1. The Morgan fingerprint density at radius 1 is 0.761 bits per heavy atom. The molecule has 0 unspecified atom stereocenters.